The number of nitrogens with one attached hydrogen (secondary N) is 2. The Bertz CT molecular complexity index is 1310. The smallest absolute Gasteiger partial charge is 0.234 e. The third kappa shape index (κ3) is 5.56. The van der Waals surface area contributed by atoms with E-state index in [2.05, 4.69) is 20.8 Å². The van der Waals surface area contributed by atoms with Gasteiger partial charge >= 0.3 is 0 Å². The van der Waals surface area contributed by atoms with E-state index in [1.807, 2.05) is 49.4 Å². The number of nitrogens with zero attached hydrogens (tertiary/aromatic N) is 3. The number of aromatic nitrogens is 3. The van der Waals surface area contributed by atoms with Crippen molar-refractivity contribution in [2.45, 2.75) is 25.0 Å². The van der Waals surface area contributed by atoms with Crippen molar-refractivity contribution in [2.75, 3.05) is 16.4 Å². The Morgan fingerprint density at radius 2 is 1.70 bits per heavy atom. The highest BCUT2D eigenvalue weighted by molar-refractivity contribution is 7.99. The molecule has 0 unspecified atom stereocenters. The normalized spacial score (nSPS) is 10.8. The summed E-state index contributed by atoms with van der Waals surface area (Å²) in [5.74, 6) is -0.473. The summed E-state index contributed by atoms with van der Waals surface area (Å²) >= 11 is 1.24. The van der Waals surface area contributed by atoms with Gasteiger partial charge in [-0.05, 0) is 42.0 Å². The van der Waals surface area contributed by atoms with Crippen LogP contribution in [0.25, 0.3) is 10.8 Å². The molecule has 0 fully saturated rings. The predicted octanol–water partition coefficient (Wildman–Crippen LogP) is 4.50. The molecular formula is C24H22FN5O2S. The van der Waals surface area contributed by atoms with E-state index in [1.54, 1.807) is 16.7 Å². The van der Waals surface area contributed by atoms with Crippen LogP contribution in [0.3, 0.4) is 0 Å². The molecule has 7 nitrogen and oxygen atoms in total. The van der Waals surface area contributed by atoms with Crippen LogP contribution in [-0.4, -0.2) is 32.3 Å². The van der Waals surface area contributed by atoms with Crippen LogP contribution in [0, 0.1) is 5.82 Å². The van der Waals surface area contributed by atoms with Gasteiger partial charge in [0.2, 0.25) is 11.8 Å². The van der Waals surface area contributed by atoms with Crippen molar-refractivity contribution < 1.29 is 14.0 Å². The fraction of sp³-hybridized carbons (Fsp3) is 0.167. The van der Waals surface area contributed by atoms with E-state index in [0.29, 0.717) is 17.5 Å². The first-order chi connectivity index (χ1) is 16.0. The number of hydrogen-bond acceptors (Lipinski definition) is 5. The van der Waals surface area contributed by atoms with Crippen molar-refractivity contribution in [3.05, 3.63) is 78.4 Å². The van der Waals surface area contributed by atoms with Crippen molar-refractivity contribution in [3.63, 3.8) is 0 Å². The number of anilines is 2. The van der Waals surface area contributed by atoms with Gasteiger partial charge in [0, 0.05) is 12.2 Å². The highest BCUT2D eigenvalue weighted by Crippen LogP contribution is 2.21. The van der Waals surface area contributed by atoms with E-state index in [9.17, 15) is 14.0 Å². The third-order valence-electron chi connectivity index (χ3n) is 4.94. The molecule has 0 saturated heterocycles. The minimum absolute atomic E-state index is 0.0565. The Hall–Kier alpha value is -3.72. The molecule has 3 aromatic carbocycles. The third-order valence-corrected chi connectivity index (χ3v) is 5.91. The van der Waals surface area contributed by atoms with E-state index >= 15 is 0 Å². The summed E-state index contributed by atoms with van der Waals surface area (Å²) in [7, 11) is 0. The Morgan fingerprint density at radius 3 is 2.48 bits per heavy atom. The Balaban J connectivity index is 1.35. The van der Waals surface area contributed by atoms with Crippen LogP contribution in [-0.2, 0) is 22.6 Å². The van der Waals surface area contributed by atoms with E-state index in [1.165, 1.54) is 23.9 Å². The molecule has 0 radical (unpaired) electrons. The maximum Gasteiger partial charge on any atom is 0.234 e. The molecule has 0 aliphatic carbocycles. The summed E-state index contributed by atoms with van der Waals surface area (Å²) in [4.78, 5) is 24.8. The van der Waals surface area contributed by atoms with Gasteiger partial charge in [0.05, 0.1) is 17.9 Å². The lowest BCUT2D eigenvalue weighted by molar-refractivity contribution is -0.116. The van der Waals surface area contributed by atoms with Crippen LogP contribution in [0.5, 0.6) is 0 Å². The lowest BCUT2D eigenvalue weighted by Gasteiger charge is -2.09. The van der Waals surface area contributed by atoms with Gasteiger partial charge in [-0.2, -0.15) is 0 Å². The number of benzene rings is 3. The fourth-order valence-electron chi connectivity index (χ4n) is 3.37. The van der Waals surface area contributed by atoms with Gasteiger partial charge in [0.1, 0.15) is 11.6 Å². The Labute approximate surface area is 194 Å². The van der Waals surface area contributed by atoms with Crippen LogP contribution < -0.4 is 10.6 Å². The number of halogens is 1. The molecule has 33 heavy (non-hydrogen) atoms. The van der Waals surface area contributed by atoms with Gasteiger partial charge in [-0.15, -0.1) is 10.2 Å². The summed E-state index contributed by atoms with van der Waals surface area (Å²) in [6, 6.07) is 19.7. The molecular weight excluding hydrogens is 441 g/mol. The zero-order valence-corrected chi connectivity index (χ0v) is 18.7. The van der Waals surface area contributed by atoms with Crippen molar-refractivity contribution in [1.29, 1.82) is 0 Å². The highest BCUT2D eigenvalue weighted by atomic mass is 32.2. The molecule has 0 atom stereocenters. The highest BCUT2D eigenvalue weighted by Gasteiger charge is 2.17. The first-order valence-corrected chi connectivity index (χ1v) is 11.4. The van der Waals surface area contributed by atoms with Crippen LogP contribution in [0.4, 0.5) is 15.8 Å². The topological polar surface area (TPSA) is 88.9 Å². The second-order valence-corrected chi connectivity index (χ2v) is 8.19. The van der Waals surface area contributed by atoms with Gasteiger partial charge in [0.25, 0.3) is 0 Å². The second kappa shape index (κ2) is 10.3. The molecule has 0 aliphatic heterocycles. The number of amides is 2. The number of thioether (sulfide) groups is 1. The van der Waals surface area contributed by atoms with Crippen LogP contribution in [0.1, 0.15) is 12.7 Å². The molecule has 1 aromatic heterocycles. The number of hydrogen-bond donors (Lipinski definition) is 2. The maximum atomic E-state index is 13.8. The van der Waals surface area contributed by atoms with E-state index in [0.717, 1.165) is 16.5 Å². The monoisotopic (exact) mass is 463 g/mol. The van der Waals surface area contributed by atoms with Crippen molar-refractivity contribution >= 4 is 45.7 Å². The van der Waals surface area contributed by atoms with Crippen LogP contribution >= 0.6 is 11.8 Å². The number of fused-ring (bicyclic) bond motifs is 1. The molecule has 9 heteroatoms. The summed E-state index contributed by atoms with van der Waals surface area (Å²) in [5, 5.41) is 16.4. The molecule has 0 bridgehead atoms. The summed E-state index contributed by atoms with van der Waals surface area (Å²) in [6.07, 6.45) is -0.0565. The zero-order chi connectivity index (χ0) is 23.2. The summed E-state index contributed by atoms with van der Waals surface area (Å²) in [5.41, 5.74) is 0.840. The van der Waals surface area contributed by atoms with Gasteiger partial charge in [-0.25, -0.2) is 4.39 Å². The number of rotatable bonds is 8. The van der Waals surface area contributed by atoms with Crippen molar-refractivity contribution in [2.24, 2.45) is 0 Å². The lowest BCUT2D eigenvalue weighted by Crippen LogP contribution is -2.18. The maximum absolute atomic E-state index is 13.8. The van der Waals surface area contributed by atoms with E-state index < -0.39 is 11.7 Å². The fourth-order valence-corrected chi connectivity index (χ4v) is 4.19. The predicted molar refractivity (Wildman–Crippen MR) is 128 cm³/mol. The summed E-state index contributed by atoms with van der Waals surface area (Å²) < 4.78 is 15.5. The minimum Gasteiger partial charge on any atom is -0.325 e. The molecule has 0 saturated carbocycles. The van der Waals surface area contributed by atoms with Gasteiger partial charge < -0.3 is 15.2 Å². The molecule has 2 N–H and O–H groups in total. The number of carbonyl (C=O) groups is 2. The summed E-state index contributed by atoms with van der Waals surface area (Å²) in [6.45, 7) is 2.44. The van der Waals surface area contributed by atoms with Crippen LogP contribution in [0.2, 0.25) is 0 Å². The SMILES string of the molecule is CCn1c(CC(=O)Nc2ccccc2F)nnc1SCC(=O)Nc1ccc2ccccc2c1. The van der Waals surface area contributed by atoms with Gasteiger partial charge in [0.15, 0.2) is 5.16 Å². The lowest BCUT2D eigenvalue weighted by atomic mass is 10.1. The zero-order valence-electron chi connectivity index (χ0n) is 17.9. The Morgan fingerprint density at radius 1 is 0.939 bits per heavy atom. The first kappa shape index (κ1) is 22.5. The van der Waals surface area contributed by atoms with Crippen molar-refractivity contribution in [1.82, 2.24) is 14.8 Å². The molecule has 2 amide bonds. The number of carbonyl (C=O) groups excluding carboxylic acids is 2. The quantitative estimate of drug-likeness (QED) is 0.376. The molecule has 4 rings (SSSR count). The van der Waals surface area contributed by atoms with Crippen molar-refractivity contribution in [3.8, 4) is 0 Å². The van der Waals surface area contributed by atoms with Gasteiger partial charge in [-0.1, -0.05) is 54.2 Å². The minimum atomic E-state index is -0.503. The first-order valence-electron chi connectivity index (χ1n) is 10.4. The molecule has 1 heterocycles. The standard InChI is InChI=1S/C24H22FN5O2S/c1-2-30-21(14-22(31)27-20-10-6-5-9-19(20)25)28-29-24(30)33-15-23(32)26-18-12-11-16-7-3-4-8-17(16)13-18/h3-13H,2,14-15H2,1H3,(H,26,32)(H,27,31). The van der Waals surface area contributed by atoms with E-state index in [4.69, 9.17) is 0 Å². The second-order valence-electron chi connectivity index (χ2n) is 7.25. The molecule has 0 spiro atoms. The van der Waals surface area contributed by atoms with E-state index in [-0.39, 0.29) is 23.8 Å². The average Bonchev–Trinajstić information content (AvgIpc) is 3.20. The van der Waals surface area contributed by atoms with Gasteiger partial charge in [-0.3, -0.25) is 9.59 Å². The molecule has 4 aromatic rings. The Kier molecular flexibility index (Phi) is 6.99. The number of para-hydroxylation sites is 1. The van der Waals surface area contributed by atoms with Crippen LogP contribution in [0.15, 0.2) is 71.9 Å². The largest absolute Gasteiger partial charge is 0.325 e. The molecule has 0 aliphatic rings. The average molecular weight is 464 g/mol. The molecule has 168 valence electrons.